The van der Waals surface area contributed by atoms with Crippen LogP contribution in [0.5, 0.6) is 0 Å². The molecule has 0 aliphatic rings. The van der Waals surface area contributed by atoms with E-state index in [2.05, 4.69) is 4.74 Å². The molecule has 0 fully saturated rings. The zero-order valence-corrected chi connectivity index (χ0v) is 6.96. The maximum atomic E-state index is 12.6. The molecule has 1 aromatic rings. The lowest BCUT2D eigenvalue weighted by Crippen LogP contribution is -2.11. The van der Waals surface area contributed by atoms with Crippen molar-refractivity contribution in [2.45, 2.75) is 6.42 Å². The molecule has 0 aliphatic heterocycles. The van der Waals surface area contributed by atoms with Crippen LogP contribution in [0.4, 0.5) is 4.39 Å². The largest absolute Gasteiger partial charge is 0.469 e. The topological polar surface area (TPSA) is 59.2 Å². The van der Waals surface area contributed by atoms with Crippen molar-refractivity contribution in [1.82, 2.24) is 4.98 Å². The molecule has 1 heterocycles. The van der Waals surface area contributed by atoms with Gasteiger partial charge in [0.2, 0.25) is 5.56 Å². The third-order valence-electron chi connectivity index (χ3n) is 1.45. The van der Waals surface area contributed by atoms with E-state index in [1.54, 1.807) is 0 Å². The van der Waals surface area contributed by atoms with E-state index in [9.17, 15) is 14.0 Å². The summed E-state index contributed by atoms with van der Waals surface area (Å²) in [5.74, 6) is -1.27. The van der Waals surface area contributed by atoms with Crippen LogP contribution in [0.2, 0.25) is 0 Å². The summed E-state index contributed by atoms with van der Waals surface area (Å²) in [4.78, 5) is 23.4. The SMILES string of the molecule is COC(=O)Cc1cc(F)[nH]c(=O)c1. The van der Waals surface area contributed by atoms with Gasteiger partial charge in [0.05, 0.1) is 13.5 Å². The number of esters is 1. The molecule has 0 saturated carbocycles. The number of carbonyl (C=O) groups excluding carboxylic acids is 1. The van der Waals surface area contributed by atoms with Gasteiger partial charge >= 0.3 is 5.97 Å². The van der Waals surface area contributed by atoms with E-state index in [4.69, 9.17) is 0 Å². The zero-order valence-electron chi connectivity index (χ0n) is 6.96. The van der Waals surface area contributed by atoms with E-state index in [1.165, 1.54) is 7.11 Å². The van der Waals surface area contributed by atoms with Gasteiger partial charge in [-0.3, -0.25) is 14.6 Å². The summed E-state index contributed by atoms with van der Waals surface area (Å²) in [5.41, 5.74) is -0.271. The number of aromatic nitrogens is 1. The molecule has 0 bridgehead atoms. The normalized spacial score (nSPS) is 9.69. The first-order chi connectivity index (χ1) is 6.11. The maximum absolute atomic E-state index is 12.6. The summed E-state index contributed by atoms with van der Waals surface area (Å²) < 4.78 is 16.9. The Bertz CT molecular complexity index is 372. The first-order valence-electron chi connectivity index (χ1n) is 3.57. The molecule has 0 aliphatic carbocycles. The van der Waals surface area contributed by atoms with Gasteiger partial charge in [0, 0.05) is 6.07 Å². The van der Waals surface area contributed by atoms with Crippen LogP contribution >= 0.6 is 0 Å². The number of halogens is 1. The fraction of sp³-hybridized carbons (Fsp3) is 0.250. The smallest absolute Gasteiger partial charge is 0.309 e. The molecule has 0 unspecified atom stereocenters. The van der Waals surface area contributed by atoms with Crippen molar-refractivity contribution in [3.05, 3.63) is 34.0 Å². The molecule has 1 rings (SSSR count). The van der Waals surface area contributed by atoms with Gasteiger partial charge in [-0.1, -0.05) is 0 Å². The van der Waals surface area contributed by atoms with Crippen LogP contribution in [-0.2, 0) is 16.0 Å². The van der Waals surface area contributed by atoms with E-state index in [1.807, 2.05) is 4.98 Å². The Kier molecular flexibility index (Phi) is 2.79. The van der Waals surface area contributed by atoms with Gasteiger partial charge in [0.25, 0.3) is 0 Å². The van der Waals surface area contributed by atoms with Crippen molar-refractivity contribution in [3.8, 4) is 0 Å². The van der Waals surface area contributed by atoms with E-state index < -0.39 is 17.5 Å². The summed E-state index contributed by atoms with van der Waals surface area (Å²) in [7, 11) is 1.23. The Morgan fingerprint density at radius 1 is 1.62 bits per heavy atom. The molecule has 0 amide bonds. The first-order valence-corrected chi connectivity index (χ1v) is 3.57. The van der Waals surface area contributed by atoms with Crippen LogP contribution in [0.15, 0.2) is 16.9 Å². The zero-order chi connectivity index (χ0) is 9.84. The summed E-state index contributed by atoms with van der Waals surface area (Å²) in [6, 6.07) is 2.23. The van der Waals surface area contributed by atoms with Gasteiger partial charge in [-0.2, -0.15) is 4.39 Å². The Morgan fingerprint density at radius 3 is 2.85 bits per heavy atom. The number of pyridine rings is 1. The van der Waals surface area contributed by atoms with Gasteiger partial charge in [-0.05, 0) is 11.6 Å². The van der Waals surface area contributed by atoms with Crippen LogP contribution in [-0.4, -0.2) is 18.1 Å². The van der Waals surface area contributed by atoms with Crippen molar-refractivity contribution >= 4 is 5.97 Å². The van der Waals surface area contributed by atoms with Crippen LogP contribution in [0.3, 0.4) is 0 Å². The summed E-state index contributed by atoms with van der Waals surface area (Å²) in [6.45, 7) is 0. The standard InChI is InChI=1S/C8H8FNO3/c1-13-8(12)4-5-2-6(9)10-7(11)3-5/h2-3H,4H2,1H3,(H,10,11). The molecule has 1 N–H and O–H groups in total. The molecule has 4 nitrogen and oxygen atoms in total. The predicted octanol–water partition coefficient (Wildman–Crippen LogP) is 0.229. The average molecular weight is 185 g/mol. The van der Waals surface area contributed by atoms with Crippen LogP contribution in [0.25, 0.3) is 0 Å². The molecule has 0 saturated heterocycles. The third kappa shape index (κ3) is 2.70. The number of hydrogen-bond acceptors (Lipinski definition) is 3. The Labute approximate surface area is 73.3 Å². The maximum Gasteiger partial charge on any atom is 0.309 e. The molecule has 5 heteroatoms. The van der Waals surface area contributed by atoms with Gasteiger partial charge in [-0.25, -0.2) is 0 Å². The number of hydrogen-bond donors (Lipinski definition) is 1. The van der Waals surface area contributed by atoms with Gasteiger partial charge < -0.3 is 4.74 Å². The highest BCUT2D eigenvalue weighted by molar-refractivity contribution is 5.72. The molecule has 0 aromatic carbocycles. The summed E-state index contributed by atoms with van der Waals surface area (Å²) >= 11 is 0. The lowest BCUT2D eigenvalue weighted by molar-refractivity contribution is -0.139. The lowest BCUT2D eigenvalue weighted by Gasteiger charge is -1.98. The molecule has 0 radical (unpaired) electrons. The molecule has 1 aromatic heterocycles. The summed E-state index contributed by atoms with van der Waals surface area (Å²) in [5, 5.41) is 0. The number of ether oxygens (including phenoxy) is 1. The van der Waals surface area contributed by atoms with Gasteiger partial charge in [-0.15, -0.1) is 0 Å². The second-order valence-electron chi connectivity index (χ2n) is 2.45. The highest BCUT2D eigenvalue weighted by Gasteiger charge is 2.04. The number of nitrogens with one attached hydrogen (secondary N) is 1. The van der Waals surface area contributed by atoms with Crippen LogP contribution in [0.1, 0.15) is 5.56 Å². The van der Waals surface area contributed by atoms with Crippen LogP contribution in [0, 0.1) is 5.95 Å². The number of aromatic amines is 1. The third-order valence-corrected chi connectivity index (χ3v) is 1.45. The first kappa shape index (κ1) is 9.44. The highest BCUT2D eigenvalue weighted by Crippen LogP contribution is 1.99. The molecular weight excluding hydrogens is 177 g/mol. The molecule has 70 valence electrons. The molecule has 0 atom stereocenters. The highest BCUT2D eigenvalue weighted by atomic mass is 19.1. The van der Waals surface area contributed by atoms with E-state index in [-0.39, 0.29) is 6.42 Å². The van der Waals surface area contributed by atoms with Crippen molar-refractivity contribution in [3.63, 3.8) is 0 Å². The van der Waals surface area contributed by atoms with Crippen LogP contribution < -0.4 is 5.56 Å². The van der Waals surface area contributed by atoms with Crippen molar-refractivity contribution in [1.29, 1.82) is 0 Å². The Balaban J connectivity index is 2.89. The second-order valence-corrected chi connectivity index (χ2v) is 2.45. The number of methoxy groups -OCH3 is 1. The Morgan fingerprint density at radius 2 is 2.31 bits per heavy atom. The fourth-order valence-electron chi connectivity index (χ4n) is 0.904. The lowest BCUT2D eigenvalue weighted by atomic mass is 10.2. The molecule has 13 heavy (non-hydrogen) atoms. The fourth-order valence-corrected chi connectivity index (χ4v) is 0.904. The van der Waals surface area contributed by atoms with Crippen molar-refractivity contribution in [2.75, 3.05) is 7.11 Å². The van der Waals surface area contributed by atoms with E-state index >= 15 is 0 Å². The average Bonchev–Trinajstić information content (AvgIpc) is 2.02. The monoisotopic (exact) mass is 185 g/mol. The minimum absolute atomic E-state index is 0.0999. The quantitative estimate of drug-likeness (QED) is 0.530. The Hall–Kier alpha value is -1.65. The minimum Gasteiger partial charge on any atom is -0.469 e. The van der Waals surface area contributed by atoms with Crippen molar-refractivity contribution < 1.29 is 13.9 Å². The number of H-pyrrole nitrogens is 1. The predicted molar refractivity (Wildman–Crippen MR) is 42.7 cm³/mol. The van der Waals surface area contributed by atoms with Gasteiger partial charge in [0.1, 0.15) is 0 Å². The summed E-state index contributed by atoms with van der Waals surface area (Å²) in [6.07, 6.45) is -0.0999. The minimum atomic E-state index is -0.758. The second kappa shape index (κ2) is 3.84. The van der Waals surface area contributed by atoms with Gasteiger partial charge in [0.15, 0.2) is 5.95 Å². The van der Waals surface area contributed by atoms with E-state index in [0.29, 0.717) is 5.56 Å². The van der Waals surface area contributed by atoms with E-state index in [0.717, 1.165) is 12.1 Å². The molecular formula is C8H8FNO3. The molecule has 0 spiro atoms. The number of carbonyl (C=O) groups is 1. The number of rotatable bonds is 2. The van der Waals surface area contributed by atoms with Crippen molar-refractivity contribution in [2.24, 2.45) is 0 Å².